The number of hydrogen-bond acceptors (Lipinski definition) is 1. The van der Waals surface area contributed by atoms with Gasteiger partial charge in [-0.1, -0.05) is 15.9 Å². The van der Waals surface area contributed by atoms with Gasteiger partial charge in [-0.05, 0) is 50.2 Å². The van der Waals surface area contributed by atoms with Gasteiger partial charge in [-0.3, -0.25) is 0 Å². The average Bonchev–Trinajstić information content (AvgIpc) is 2.46. The summed E-state index contributed by atoms with van der Waals surface area (Å²) in [4.78, 5) is 0.195. The van der Waals surface area contributed by atoms with E-state index in [0.717, 1.165) is 0 Å². The van der Waals surface area contributed by atoms with Crippen molar-refractivity contribution in [2.24, 2.45) is 0 Å². The van der Waals surface area contributed by atoms with Gasteiger partial charge < -0.3 is 4.90 Å². The molecule has 1 nitrogen and oxygen atoms in total. The van der Waals surface area contributed by atoms with Crippen LogP contribution in [0.25, 0.3) is 0 Å². The highest BCUT2D eigenvalue weighted by molar-refractivity contribution is 9.10. The van der Waals surface area contributed by atoms with Crippen LogP contribution in [0.2, 0.25) is 0 Å². The lowest BCUT2D eigenvalue weighted by atomic mass is 10.0. The summed E-state index contributed by atoms with van der Waals surface area (Å²) >= 11 is 3.15. The fourth-order valence-electron chi connectivity index (χ4n) is 1.07. The highest BCUT2D eigenvalue weighted by atomic mass is 79.9. The van der Waals surface area contributed by atoms with Crippen molar-refractivity contribution in [3.8, 4) is 0 Å². The van der Waals surface area contributed by atoms with Gasteiger partial charge in [-0.15, -0.1) is 0 Å². The van der Waals surface area contributed by atoms with Crippen LogP contribution < -0.4 is 4.90 Å². The Morgan fingerprint density at radius 2 is 2.29 bits per heavy atom. The molecule has 1 aromatic carbocycles. The first-order valence-corrected chi connectivity index (χ1v) is 4.72. The van der Waals surface area contributed by atoms with E-state index in [2.05, 4.69) is 15.9 Å². The monoisotopic (exact) mass is 265 g/mol. The molecule has 1 unspecified atom stereocenters. The molecule has 1 atom stereocenters. The van der Waals surface area contributed by atoms with Gasteiger partial charge in [0, 0.05) is 37.8 Å². The summed E-state index contributed by atoms with van der Waals surface area (Å²) in [5, 5.41) is 0. The summed E-state index contributed by atoms with van der Waals surface area (Å²) < 4.78 is 96.2. The van der Waals surface area contributed by atoms with Gasteiger partial charge in [-0.25, -0.2) is 0 Å². The van der Waals surface area contributed by atoms with Crippen LogP contribution in [0.5, 0.6) is 0 Å². The topological polar surface area (TPSA) is 3.24 Å². The minimum absolute atomic E-state index is 0.195. The molecule has 0 bridgehead atoms. The Morgan fingerprint density at radius 1 is 1.50 bits per heavy atom. The predicted molar refractivity (Wildman–Crippen MR) is 64.8 cm³/mol. The molecule has 0 aliphatic carbocycles. The summed E-state index contributed by atoms with van der Waals surface area (Å²) in [6.07, 6.45) is -10.7. The molecule has 2 rings (SSSR count). The molecule has 0 aromatic heterocycles. The third kappa shape index (κ3) is 2.11. The molecule has 0 spiro atoms. The molecule has 1 fully saturated rings. The smallest absolute Gasteiger partial charge is 0.0527 e. The maximum Gasteiger partial charge on any atom is 0.0527 e. The zero-order chi connectivity index (χ0) is 20.6. The van der Waals surface area contributed by atoms with Gasteiger partial charge >= 0.3 is 0 Å². The molecule has 0 N–H and O–H groups in total. The minimum Gasteiger partial charge on any atom is -0.369 e. The molecular formula is C12H16BrN. The van der Waals surface area contributed by atoms with E-state index in [4.69, 9.17) is 16.4 Å². The highest BCUT2D eigenvalue weighted by Gasteiger charge is 2.17. The first-order chi connectivity index (χ1) is 11.4. The summed E-state index contributed by atoms with van der Waals surface area (Å²) in [6, 6.07) is 1.79. The lowest BCUT2D eigenvalue weighted by Crippen LogP contribution is -2.37. The first kappa shape index (κ1) is 3.00. The molecule has 0 radical (unpaired) electrons. The third-order valence-corrected chi connectivity index (χ3v) is 2.25. The summed E-state index contributed by atoms with van der Waals surface area (Å²) in [5.74, 6) is 0. The molecule has 1 aliphatic heterocycles. The molecule has 2 heteroatoms. The van der Waals surface area contributed by atoms with E-state index < -0.39 is 38.5 Å². The fraction of sp³-hybridized carbons (Fsp3) is 0.500. The number of benzene rings is 1. The number of anilines is 1. The van der Waals surface area contributed by atoms with Crippen molar-refractivity contribution in [1.82, 2.24) is 0 Å². The summed E-state index contributed by atoms with van der Waals surface area (Å²) in [5.41, 5.74) is -0.257. The second kappa shape index (κ2) is 4.35. The van der Waals surface area contributed by atoms with Gasteiger partial charge in [0.15, 0.2) is 0 Å². The molecule has 1 heterocycles. The van der Waals surface area contributed by atoms with Crippen molar-refractivity contribution in [3.63, 3.8) is 0 Å². The Morgan fingerprint density at radius 3 is 3.00 bits per heavy atom. The van der Waals surface area contributed by atoms with E-state index in [-0.39, 0.29) is 10.6 Å². The zero-order valence-electron chi connectivity index (χ0n) is 19.1. The fourth-order valence-corrected chi connectivity index (χ4v) is 1.33. The lowest BCUT2D eigenvalue weighted by molar-refractivity contribution is 0.485. The summed E-state index contributed by atoms with van der Waals surface area (Å²) in [7, 11) is 0. The Balaban J connectivity index is 2.94. The van der Waals surface area contributed by atoms with Crippen LogP contribution in [0.1, 0.15) is 42.4 Å². The second-order valence-corrected chi connectivity index (χ2v) is 3.56. The van der Waals surface area contributed by atoms with Gasteiger partial charge in [0.1, 0.15) is 0 Å². The van der Waals surface area contributed by atoms with Crippen molar-refractivity contribution in [1.29, 1.82) is 0 Å². The highest BCUT2D eigenvalue weighted by Crippen LogP contribution is 2.25. The number of halogens is 1. The Kier molecular flexibility index (Phi) is 0.933. The quantitative estimate of drug-likeness (QED) is 0.746. The molecule has 0 amide bonds. The van der Waals surface area contributed by atoms with Gasteiger partial charge in [0.2, 0.25) is 0 Å². The molecular weight excluding hydrogens is 238 g/mol. The zero-order valence-corrected chi connectivity index (χ0v) is 8.72. The van der Waals surface area contributed by atoms with Crippen LogP contribution in [0.4, 0.5) is 5.69 Å². The average molecular weight is 266 g/mol. The van der Waals surface area contributed by atoms with Crippen molar-refractivity contribution in [2.75, 3.05) is 11.4 Å². The number of piperidine rings is 1. The van der Waals surface area contributed by atoms with Crippen LogP contribution in [0.3, 0.4) is 0 Å². The lowest BCUT2D eigenvalue weighted by Gasteiger charge is -2.35. The van der Waals surface area contributed by atoms with Crippen LogP contribution in [-0.2, 0) is 0 Å². The van der Waals surface area contributed by atoms with Crippen molar-refractivity contribution >= 4 is 21.6 Å². The molecule has 76 valence electrons. The SMILES string of the molecule is [2H]C([2H])([2H])C1([2H])N(c2ccc(Br)cc2)C([2H])([2H])C([2H])([2H])C([2H])([2H])C1([2H])[2H]. The van der Waals surface area contributed by atoms with Crippen LogP contribution >= 0.6 is 15.9 Å². The maximum atomic E-state index is 8.44. The number of rotatable bonds is 1. The molecule has 1 aliphatic rings. The van der Waals surface area contributed by atoms with Crippen molar-refractivity contribution in [2.45, 2.75) is 32.0 Å². The molecule has 1 saturated heterocycles. The number of nitrogens with zero attached hydrogens (tertiary/aromatic N) is 1. The maximum absolute atomic E-state index is 8.44. The van der Waals surface area contributed by atoms with Crippen LogP contribution in [0.15, 0.2) is 28.7 Å². The van der Waals surface area contributed by atoms with E-state index >= 15 is 0 Å². The van der Waals surface area contributed by atoms with E-state index in [1.54, 1.807) is 0 Å². The van der Waals surface area contributed by atoms with E-state index in [0.29, 0.717) is 4.47 Å². The Labute approximate surface area is 111 Å². The van der Waals surface area contributed by atoms with Crippen molar-refractivity contribution < 1.29 is 16.4 Å². The van der Waals surface area contributed by atoms with Gasteiger partial charge in [0.25, 0.3) is 0 Å². The van der Waals surface area contributed by atoms with E-state index in [9.17, 15) is 0 Å². The van der Waals surface area contributed by atoms with Crippen molar-refractivity contribution in [3.05, 3.63) is 28.7 Å². The predicted octanol–water partition coefficient (Wildman–Crippen LogP) is 3.83. The van der Waals surface area contributed by atoms with E-state index in [1.807, 2.05) is 0 Å². The van der Waals surface area contributed by atoms with Crippen LogP contribution in [-0.4, -0.2) is 12.5 Å². The van der Waals surface area contributed by atoms with Crippen LogP contribution in [0, 0.1) is 0 Å². The first-order valence-electron chi connectivity index (χ1n) is 9.93. The molecule has 0 saturated carbocycles. The van der Waals surface area contributed by atoms with E-state index in [1.165, 1.54) is 24.3 Å². The normalized spacial score (nSPS) is 55.6. The second-order valence-electron chi connectivity index (χ2n) is 2.65. The number of hydrogen-bond donors (Lipinski definition) is 0. The van der Waals surface area contributed by atoms with Gasteiger partial charge in [-0.2, -0.15) is 0 Å². The minimum atomic E-state index is -3.61. The molecule has 1 aromatic rings. The third-order valence-electron chi connectivity index (χ3n) is 1.72. The summed E-state index contributed by atoms with van der Waals surface area (Å²) in [6.45, 7) is -6.84. The molecule has 14 heavy (non-hydrogen) atoms. The Hall–Kier alpha value is -0.500. The van der Waals surface area contributed by atoms with Gasteiger partial charge in [0.05, 0.1) is 1.37 Å². The Bertz CT molecular complexity index is 697. The standard InChI is InChI=1S/C12H16BrN/c1-10-4-2-3-9-14(10)12-7-5-11(13)6-8-12/h5-8,10H,2-4,9H2,1H3/i1D3,2D2,3D2,4D2,9D2,10D. The largest absolute Gasteiger partial charge is 0.369 e.